The Labute approximate surface area is 140 Å². The molecule has 1 N–H and O–H groups in total. The second kappa shape index (κ2) is 6.41. The van der Waals surface area contributed by atoms with Gasteiger partial charge in [0.1, 0.15) is 12.7 Å². The van der Waals surface area contributed by atoms with E-state index in [4.69, 9.17) is 11.6 Å². The molecule has 2 aromatic carbocycles. The van der Waals surface area contributed by atoms with Gasteiger partial charge in [0.05, 0.1) is 0 Å². The smallest absolute Gasteiger partial charge is 0.212 e. The summed E-state index contributed by atoms with van der Waals surface area (Å²) in [5.74, 6) is 0. The van der Waals surface area contributed by atoms with Gasteiger partial charge >= 0.3 is 0 Å². The van der Waals surface area contributed by atoms with Crippen molar-refractivity contribution < 1.29 is 28.5 Å². The van der Waals surface area contributed by atoms with Gasteiger partial charge in [-0.25, -0.2) is 0 Å². The van der Waals surface area contributed by atoms with E-state index in [-0.39, 0.29) is 24.0 Å². The summed E-state index contributed by atoms with van der Waals surface area (Å²) in [6, 6.07) is 18.2. The molecule has 0 saturated carbocycles. The highest BCUT2D eigenvalue weighted by atomic mass is 127. The van der Waals surface area contributed by atoms with Crippen molar-refractivity contribution in [3.8, 4) is 0 Å². The molecule has 0 atom stereocenters. The molecule has 0 radical (unpaired) electrons. The van der Waals surface area contributed by atoms with E-state index >= 15 is 0 Å². The van der Waals surface area contributed by atoms with Crippen LogP contribution < -0.4 is 33.9 Å². The fourth-order valence-corrected chi connectivity index (χ4v) is 2.41. The largest absolute Gasteiger partial charge is 1.00 e. The topological polar surface area (TPSA) is 15.9 Å². The number of fused-ring (bicyclic) bond motifs is 1. The van der Waals surface area contributed by atoms with Crippen LogP contribution in [0.5, 0.6) is 0 Å². The van der Waals surface area contributed by atoms with Gasteiger partial charge in [-0.15, -0.1) is 0 Å². The second-order valence-electron chi connectivity index (χ2n) is 4.53. The van der Waals surface area contributed by atoms with Gasteiger partial charge in [-0.1, -0.05) is 29.8 Å². The predicted octanol–water partition coefficient (Wildman–Crippen LogP) is 1.07. The summed E-state index contributed by atoms with van der Waals surface area (Å²) in [6.07, 6.45) is 2.07. The van der Waals surface area contributed by atoms with E-state index in [0.717, 1.165) is 16.4 Å². The second-order valence-corrected chi connectivity index (χ2v) is 4.97. The first-order chi connectivity index (χ1) is 9.22. The third-order valence-electron chi connectivity index (χ3n) is 3.07. The molecule has 4 heteroatoms. The lowest BCUT2D eigenvalue weighted by atomic mass is 10.2. The molecule has 1 aromatic heterocycles. The Bertz CT molecular complexity index is 743. The van der Waals surface area contributed by atoms with Crippen LogP contribution in [0.15, 0.2) is 60.8 Å². The molecule has 0 saturated heterocycles. The van der Waals surface area contributed by atoms with E-state index < -0.39 is 0 Å². The van der Waals surface area contributed by atoms with Crippen molar-refractivity contribution in [2.75, 3.05) is 5.32 Å². The Kier molecular flexibility index (Phi) is 4.83. The van der Waals surface area contributed by atoms with E-state index in [9.17, 15) is 0 Å². The molecular formula is C16H14ClIN2. The molecule has 0 unspecified atom stereocenters. The number of rotatable bonds is 2. The molecule has 0 aliphatic carbocycles. The lowest BCUT2D eigenvalue weighted by molar-refractivity contribution is -0.644. The summed E-state index contributed by atoms with van der Waals surface area (Å²) in [5, 5.41) is 5.31. The molecule has 0 spiro atoms. The molecule has 0 aliphatic rings. The Morgan fingerprint density at radius 2 is 1.75 bits per heavy atom. The minimum atomic E-state index is 0. The number of anilines is 2. The number of para-hydroxylation sites is 1. The summed E-state index contributed by atoms with van der Waals surface area (Å²) in [6.45, 7) is 0. The number of pyridine rings is 1. The zero-order chi connectivity index (χ0) is 13.2. The van der Waals surface area contributed by atoms with E-state index in [1.807, 2.05) is 43.4 Å². The molecule has 3 rings (SSSR count). The average molecular weight is 397 g/mol. The van der Waals surface area contributed by atoms with Crippen LogP contribution in [-0.2, 0) is 7.05 Å². The fourth-order valence-electron chi connectivity index (χ4n) is 2.22. The maximum absolute atomic E-state index is 5.99. The molecule has 3 aromatic rings. The molecule has 2 nitrogen and oxygen atoms in total. The van der Waals surface area contributed by atoms with E-state index in [1.165, 1.54) is 10.9 Å². The van der Waals surface area contributed by atoms with Crippen molar-refractivity contribution in [2.45, 2.75) is 0 Å². The predicted molar refractivity (Wildman–Crippen MR) is 79.9 cm³/mol. The van der Waals surface area contributed by atoms with Crippen molar-refractivity contribution in [2.24, 2.45) is 7.05 Å². The lowest BCUT2D eigenvalue weighted by Crippen LogP contribution is -3.00. The highest BCUT2D eigenvalue weighted by molar-refractivity contribution is 6.30. The number of halogens is 2. The van der Waals surface area contributed by atoms with Gasteiger partial charge in [0.15, 0.2) is 6.20 Å². The molecule has 0 fully saturated rings. The molecule has 0 bridgehead atoms. The van der Waals surface area contributed by atoms with Gasteiger partial charge < -0.3 is 29.3 Å². The number of nitrogens with one attached hydrogen (secondary N) is 1. The maximum Gasteiger partial charge on any atom is 0.212 e. The number of aromatic nitrogens is 1. The Balaban J connectivity index is 0.00000147. The van der Waals surface area contributed by atoms with Gasteiger partial charge in [-0.2, -0.15) is 4.57 Å². The first kappa shape index (κ1) is 15.1. The zero-order valence-electron chi connectivity index (χ0n) is 11.0. The monoisotopic (exact) mass is 396 g/mol. The van der Waals surface area contributed by atoms with Crippen molar-refractivity contribution in [3.05, 3.63) is 65.8 Å². The van der Waals surface area contributed by atoms with Crippen LogP contribution in [0.25, 0.3) is 10.9 Å². The summed E-state index contributed by atoms with van der Waals surface area (Å²) in [7, 11) is 2.05. The molecular weight excluding hydrogens is 383 g/mol. The van der Waals surface area contributed by atoms with Crippen LogP contribution >= 0.6 is 11.6 Å². The van der Waals surface area contributed by atoms with E-state index in [2.05, 4.69) is 34.3 Å². The number of hydrogen-bond acceptors (Lipinski definition) is 1. The number of aryl methyl sites for hydroxylation is 1. The van der Waals surface area contributed by atoms with Gasteiger partial charge in [0, 0.05) is 22.2 Å². The fraction of sp³-hybridized carbons (Fsp3) is 0.0625. The van der Waals surface area contributed by atoms with Crippen molar-refractivity contribution >= 4 is 33.9 Å². The van der Waals surface area contributed by atoms with Crippen LogP contribution in [0.3, 0.4) is 0 Å². The van der Waals surface area contributed by atoms with Crippen LogP contribution in [0.1, 0.15) is 0 Å². The van der Waals surface area contributed by atoms with E-state index in [1.54, 1.807) is 0 Å². The van der Waals surface area contributed by atoms with Gasteiger partial charge in [0.25, 0.3) is 0 Å². The Morgan fingerprint density at radius 1 is 0.950 bits per heavy atom. The van der Waals surface area contributed by atoms with Crippen LogP contribution in [0.4, 0.5) is 11.4 Å². The molecule has 0 amide bonds. The third-order valence-corrected chi connectivity index (χ3v) is 3.31. The Morgan fingerprint density at radius 3 is 2.55 bits per heavy atom. The van der Waals surface area contributed by atoms with Crippen LogP contribution in [0.2, 0.25) is 5.02 Å². The quantitative estimate of drug-likeness (QED) is 0.506. The first-order valence-corrected chi connectivity index (χ1v) is 6.51. The first-order valence-electron chi connectivity index (χ1n) is 6.13. The summed E-state index contributed by atoms with van der Waals surface area (Å²) in [4.78, 5) is 0. The SMILES string of the molecule is C[n+]1cc(Nc2cccc(Cl)c2)cc2ccccc21.[I-]. The van der Waals surface area contributed by atoms with E-state index in [0.29, 0.717) is 0 Å². The summed E-state index contributed by atoms with van der Waals surface area (Å²) >= 11 is 5.99. The number of nitrogens with zero attached hydrogens (tertiary/aromatic N) is 1. The highest BCUT2D eigenvalue weighted by Gasteiger charge is 2.07. The molecule has 1 heterocycles. The third kappa shape index (κ3) is 3.22. The van der Waals surface area contributed by atoms with Crippen molar-refractivity contribution in [3.63, 3.8) is 0 Å². The highest BCUT2D eigenvalue weighted by Crippen LogP contribution is 2.21. The maximum atomic E-state index is 5.99. The minimum Gasteiger partial charge on any atom is -1.00 e. The average Bonchev–Trinajstić information content (AvgIpc) is 2.39. The molecule has 102 valence electrons. The molecule has 20 heavy (non-hydrogen) atoms. The van der Waals surface area contributed by atoms with Crippen molar-refractivity contribution in [1.82, 2.24) is 0 Å². The number of benzene rings is 2. The van der Waals surface area contributed by atoms with Crippen molar-refractivity contribution in [1.29, 1.82) is 0 Å². The standard InChI is InChI=1S/C16H14ClN2.HI/c1-19-11-15(9-12-5-2-3-8-16(12)19)18-14-7-4-6-13(17)10-14;/h2-11,18H,1H3;1H/q+1;/p-1. The van der Waals surface area contributed by atoms with Gasteiger partial charge in [0.2, 0.25) is 5.52 Å². The van der Waals surface area contributed by atoms with Gasteiger partial charge in [-0.3, -0.25) is 0 Å². The van der Waals surface area contributed by atoms with Crippen LogP contribution in [-0.4, -0.2) is 0 Å². The lowest BCUT2D eigenvalue weighted by Gasteiger charge is -2.06. The van der Waals surface area contributed by atoms with Gasteiger partial charge in [-0.05, 0) is 30.3 Å². The zero-order valence-corrected chi connectivity index (χ0v) is 13.9. The number of hydrogen-bond donors (Lipinski definition) is 1. The summed E-state index contributed by atoms with van der Waals surface area (Å²) in [5.41, 5.74) is 3.24. The minimum absolute atomic E-state index is 0. The molecule has 0 aliphatic heterocycles. The Hall–Kier alpha value is -1.33. The normalized spacial score (nSPS) is 10.1. The van der Waals surface area contributed by atoms with Crippen LogP contribution in [0, 0.1) is 0 Å². The summed E-state index contributed by atoms with van der Waals surface area (Å²) < 4.78 is 2.11.